The van der Waals surface area contributed by atoms with Crippen molar-refractivity contribution < 1.29 is 22.6 Å². The predicted octanol–water partition coefficient (Wildman–Crippen LogP) is 3.27. The predicted molar refractivity (Wildman–Crippen MR) is 68.5 cm³/mol. The third-order valence-electron chi connectivity index (χ3n) is 3.50. The molecule has 1 N–H and O–H groups in total. The lowest BCUT2D eigenvalue weighted by Crippen LogP contribution is -2.30. The fourth-order valence-corrected chi connectivity index (χ4v) is 2.63. The second-order valence-corrected chi connectivity index (χ2v) is 4.84. The molecular formula is C14H18F3NO2. The standard InChI is InChI=1S/C14H18F3NO2/c1-18-13(10-5-7-19-8-6-10)11-3-2-4-12(9-11)20-14(15,16)17/h2-4,9-10,13,18H,5-8H2,1H3. The molecule has 1 atom stereocenters. The molecule has 0 radical (unpaired) electrons. The minimum Gasteiger partial charge on any atom is -0.406 e. The van der Waals surface area contributed by atoms with E-state index in [1.165, 1.54) is 12.1 Å². The number of hydrogen-bond donors (Lipinski definition) is 1. The number of ether oxygens (including phenoxy) is 2. The summed E-state index contributed by atoms with van der Waals surface area (Å²) in [4.78, 5) is 0. The van der Waals surface area contributed by atoms with E-state index in [1.807, 2.05) is 13.1 Å². The first kappa shape index (κ1) is 15.1. The number of rotatable bonds is 4. The molecule has 0 amide bonds. The summed E-state index contributed by atoms with van der Waals surface area (Å²) in [5.41, 5.74) is 0.807. The van der Waals surface area contributed by atoms with Crippen molar-refractivity contribution in [1.29, 1.82) is 0 Å². The first-order chi connectivity index (χ1) is 9.49. The molecule has 0 aromatic heterocycles. The van der Waals surface area contributed by atoms with Gasteiger partial charge in [-0.05, 0) is 43.5 Å². The van der Waals surface area contributed by atoms with Gasteiger partial charge < -0.3 is 14.8 Å². The molecule has 1 aromatic rings. The van der Waals surface area contributed by atoms with Crippen LogP contribution in [0.1, 0.15) is 24.4 Å². The van der Waals surface area contributed by atoms with Crippen LogP contribution in [0.5, 0.6) is 5.75 Å². The summed E-state index contributed by atoms with van der Waals surface area (Å²) in [6.07, 6.45) is -2.86. The van der Waals surface area contributed by atoms with Gasteiger partial charge in [0.15, 0.2) is 0 Å². The van der Waals surface area contributed by atoms with Crippen LogP contribution >= 0.6 is 0 Å². The number of nitrogens with one attached hydrogen (secondary N) is 1. The molecule has 0 saturated carbocycles. The Morgan fingerprint density at radius 1 is 1.30 bits per heavy atom. The fourth-order valence-electron chi connectivity index (χ4n) is 2.63. The van der Waals surface area contributed by atoms with E-state index in [0.717, 1.165) is 18.4 Å². The molecule has 0 spiro atoms. The second-order valence-electron chi connectivity index (χ2n) is 4.84. The molecule has 1 saturated heterocycles. The highest BCUT2D eigenvalue weighted by molar-refractivity contribution is 5.31. The maximum absolute atomic E-state index is 12.3. The highest BCUT2D eigenvalue weighted by Crippen LogP contribution is 2.32. The van der Waals surface area contributed by atoms with Gasteiger partial charge in [-0.1, -0.05) is 12.1 Å². The molecule has 1 aliphatic rings. The van der Waals surface area contributed by atoms with Gasteiger partial charge in [0, 0.05) is 19.3 Å². The molecule has 0 aliphatic carbocycles. The Morgan fingerprint density at radius 3 is 2.60 bits per heavy atom. The van der Waals surface area contributed by atoms with Crippen molar-refractivity contribution in [2.45, 2.75) is 25.2 Å². The Kier molecular flexibility index (Phi) is 4.88. The van der Waals surface area contributed by atoms with Gasteiger partial charge in [0.25, 0.3) is 0 Å². The zero-order chi connectivity index (χ0) is 14.6. The summed E-state index contributed by atoms with van der Waals surface area (Å²) in [5, 5.41) is 3.19. The molecular weight excluding hydrogens is 271 g/mol. The first-order valence-corrected chi connectivity index (χ1v) is 6.60. The van der Waals surface area contributed by atoms with Gasteiger partial charge in [-0.3, -0.25) is 0 Å². The zero-order valence-corrected chi connectivity index (χ0v) is 11.2. The zero-order valence-electron chi connectivity index (χ0n) is 11.2. The lowest BCUT2D eigenvalue weighted by atomic mass is 9.87. The maximum Gasteiger partial charge on any atom is 0.573 e. The summed E-state index contributed by atoms with van der Waals surface area (Å²) in [6.45, 7) is 1.39. The minimum atomic E-state index is -4.66. The summed E-state index contributed by atoms with van der Waals surface area (Å²) < 4.78 is 46.1. The lowest BCUT2D eigenvalue weighted by molar-refractivity contribution is -0.274. The van der Waals surface area contributed by atoms with Gasteiger partial charge >= 0.3 is 6.36 Å². The van der Waals surface area contributed by atoms with Gasteiger partial charge in [0.1, 0.15) is 5.75 Å². The largest absolute Gasteiger partial charge is 0.573 e. The molecule has 20 heavy (non-hydrogen) atoms. The van der Waals surface area contributed by atoms with Crippen LogP contribution < -0.4 is 10.1 Å². The van der Waals surface area contributed by atoms with Crippen molar-refractivity contribution >= 4 is 0 Å². The van der Waals surface area contributed by atoms with Crippen LogP contribution in [0.25, 0.3) is 0 Å². The van der Waals surface area contributed by atoms with Crippen molar-refractivity contribution in [2.24, 2.45) is 5.92 Å². The highest BCUT2D eigenvalue weighted by Gasteiger charge is 2.31. The van der Waals surface area contributed by atoms with Crippen molar-refractivity contribution in [1.82, 2.24) is 5.32 Å². The van der Waals surface area contributed by atoms with Crippen LogP contribution in [0.4, 0.5) is 13.2 Å². The van der Waals surface area contributed by atoms with Gasteiger partial charge in [-0.25, -0.2) is 0 Å². The van der Waals surface area contributed by atoms with Crippen LogP contribution in [0, 0.1) is 5.92 Å². The molecule has 3 nitrogen and oxygen atoms in total. The Morgan fingerprint density at radius 2 is 2.00 bits per heavy atom. The quantitative estimate of drug-likeness (QED) is 0.922. The maximum atomic E-state index is 12.3. The van der Waals surface area contributed by atoms with Crippen LogP contribution in [0.15, 0.2) is 24.3 Å². The molecule has 0 bridgehead atoms. The van der Waals surface area contributed by atoms with Crippen LogP contribution in [0.3, 0.4) is 0 Å². The van der Waals surface area contributed by atoms with Gasteiger partial charge in [-0.2, -0.15) is 0 Å². The molecule has 1 unspecified atom stereocenters. The molecule has 1 fully saturated rings. The van der Waals surface area contributed by atoms with Gasteiger partial charge in [-0.15, -0.1) is 13.2 Å². The van der Waals surface area contributed by atoms with Crippen LogP contribution in [-0.4, -0.2) is 26.6 Å². The third-order valence-corrected chi connectivity index (χ3v) is 3.50. The topological polar surface area (TPSA) is 30.5 Å². The molecule has 1 heterocycles. The summed E-state index contributed by atoms with van der Waals surface area (Å²) >= 11 is 0. The lowest BCUT2D eigenvalue weighted by Gasteiger charge is -2.30. The summed E-state index contributed by atoms with van der Waals surface area (Å²) in [7, 11) is 1.82. The SMILES string of the molecule is CNC(c1cccc(OC(F)(F)F)c1)C1CCOCC1. The van der Waals surface area contributed by atoms with E-state index in [2.05, 4.69) is 10.1 Å². The number of halogens is 3. The second kappa shape index (κ2) is 6.45. The molecule has 2 rings (SSSR count). The van der Waals surface area contributed by atoms with E-state index in [0.29, 0.717) is 19.1 Å². The smallest absolute Gasteiger partial charge is 0.406 e. The highest BCUT2D eigenvalue weighted by atomic mass is 19.4. The van der Waals surface area contributed by atoms with Crippen molar-refractivity contribution in [3.8, 4) is 5.75 Å². The van der Waals surface area contributed by atoms with Crippen LogP contribution in [0.2, 0.25) is 0 Å². The van der Waals surface area contributed by atoms with Crippen LogP contribution in [-0.2, 0) is 4.74 Å². The molecule has 6 heteroatoms. The van der Waals surface area contributed by atoms with Crippen molar-refractivity contribution in [2.75, 3.05) is 20.3 Å². The number of alkyl halides is 3. The third kappa shape index (κ3) is 4.11. The molecule has 112 valence electrons. The van der Waals surface area contributed by atoms with E-state index in [-0.39, 0.29) is 11.8 Å². The Balaban J connectivity index is 2.14. The van der Waals surface area contributed by atoms with Gasteiger partial charge in [0.2, 0.25) is 0 Å². The first-order valence-electron chi connectivity index (χ1n) is 6.60. The van der Waals surface area contributed by atoms with Crippen molar-refractivity contribution in [3.63, 3.8) is 0 Å². The summed E-state index contributed by atoms with van der Waals surface area (Å²) in [6, 6.07) is 6.17. The van der Waals surface area contributed by atoms with Crippen molar-refractivity contribution in [3.05, 3.63) is 29.8 Å². The number of benzene rings is 1. The molecule has 1 aliphatic heterocycles. The number of hydrogen-bond acceptors (Lipinski definition) is 3. The van der Waals surface area contributed by atoms with E-state index in [4.69, 9.17) is 4.74 Å². The average molecular weight is 289 g/mol. The summed E-state index contributed by atoms with van der Waals surface area (Å²) in [5.74, 6) is 0.178. The normalized spacial score (nSPS) is 18.8. The van der Waals surface area contributed by atoms with E-state index in [9.17, 15) is 13.2 Å². The van der Waals surface area contributed by atoms with E-state index in [1.54, 1.807) is 6.07 Å². The Hall–Kier alpha value is -1.27. The van der Waals surface area contributed by atoms with E-state index < -0.39 is 6.36 Å². The average Bonchev–Trinajstić information content (AvgIpc) is 2.39. The molecule has 1 aromatic carbocycles. The Bertz CT molecular complexity index is 431. The monoisotopic (exact) mass is 289 g/mol. The minimum absolute atomic E-state index is 0.00989. The van der Waals surface area contributed by atoms with E-state index >= 15 is 0 Å². The Labute approximate surface area is 116 Å². The fraction of sp³-hybridized carbons (Fsp3) is 0.571. The van der Waals surface area contributed by atoms with Gasteiger partial charge in [0.05, 0.1) is 0 Å².